The van der Waals surface area contributed by atoms with Gasteiger partial charge in [0.15, 0.2) is 0 Å². The average molecular weight is 419 g/mol. The third kappa shape index (κ3) is 4.63. The first-order valence-electron chi connectivity index (χ1n) is 10.4. The number of nitrogens with one attached hydrogen (secondary N) is 1. The monoisotopic (exact) mass is 419 g/mol. The summed E-state index contributed by atoms with van der Waals surface area (Å²) in [6, 6.07) is 17.8. The van der Waals surface area contributed by atoms with Crippen LogP contribution in [0.2, 0.25) is 0 Å². The van der Waals surface area contributed by atoms with Crippen molar-refractivity contribution in [3.8, 4) is 11.1 Å². The van der Waals surface area contributed by atoms with Gasteiger partial charge in [0.1, 0.15) is 12.4 Å². The van der Waals surface area contributed by atoms with Gasteiger partial charge in [-0.25, -0.2) is 4.79 Å². The summed E-state index contributed by atoms with van der Waals surface area (Å²) >= 11 is 0. The summed E-state index contributed by atoms with van der Waals surface area (Å²) in [5.41, 5.74) is 5.59. The molecule has 0 aliphatic heterocycles. The number of ether oxygens (including phenoxy) is 1. The number of carbonyl (C=O) groups is 2. The molecule has 2 N–H and O–H groups in total. The van der Waals surface area contributed by atoms with Crippen LogP contribution in [-0.4, -0.2) is 29.8 Å². The van der Waals surface area contributed by atoms with E-state index in [4.69, 9.17) is 14.3 Å². The van der Waals surface area contributed by atoms with E-state index in [0.717, 1.165) is 22.5 Å². The number of fused-ring (bicyclic) bond motifs is 3. The second-order valence-corrected chi connectivity index (χ2v) is 7.83. The molecule has 1 amide bonds. The van der Waals surface area contributed by atoms with Crippen LogP contribution in [0.5, 0.6) is 0 Å². The van der Waals surface area contributed by atoms with Crippen LogP contribution in [0.3, 0.4) is 0 Å². The van der Waals surface area contributed by atoms with Crippen LogP contribution in [0.1, 0.15) is 41.2 Å². The number of hydrogen-bond acceptors (Lipinski definition) is 4. The number of carbonyl (C=O) groups excluding carboxylic acids is 1. The number of aliphatic carboxylic acids is 1. The van der Waals surface area contributed by atoms with Crippen molar-refractivity contribution in [2.45, 2.75) is 38.1 Å². The molecule has 1 unspecified atom stereocenters. The maximum absolute atomic E-state index is 12.6. The molecule has 4 rings (SSSR count). The molecule has 6 nitrogen and oxygen atoms in total. The SMILES string of the molecule is Cc1ccoc1CC(CCC(=O)O)NC(=O)OCC1c2ccccc2-c2ccccc21. The predicted molar refractivity (Wildman–Crippen MR) is 116 cm³/mol. The van der Waals surface area contributed by atoms with E-state index in [1.165, 1.54) is 11.1 Å². The molecule has 1 aliphatic rings. The Kier molecular flexibility index (Phi) is 6.07. The molecule has 2 aromatic carbocycles. The fourth-order valence-corrected chi connectivity index (χ4v) is 4.17. The molecule has 3 aromatic rings. The summed E-state index contributed by atoms with van der Waals surface area (Å²) < 4.78 is 11.1. The maximum atomic E-state index is 12.6. The lowest BCUT2D eigenvalue weighted by atomic mass is 9.98. The number of amides is 1. The highest BCUT2D eigenvalue weighted by molar-refractivity contribution is 5.79. The van der Waals surface area contributed by atoms with Crippen LogP contribution in [-0.2, 0) is 16.0 Å². The van der Waals surface area contributed by atoms with Crippen LogP contribution in [0.25, 0.3) is 11.1 Å². The minimum Gasteiger partial charge on any atom is -0.481 e. The highest BCUT2D eigenvalue weighted by atomic mass is 16.5. The quantitative estimate of drug-likeness (QED) is 0.542. The third-order valence-corrected chi connectivity index (χ3v) is 5.77. The zero-order chi connectivity index (χ0) is 21.8. The minimum atomic E-state index is -0.907. The Bertz CT molecular complexity index is 1040. The van der Waals surface area contributed by atoms with Crippen molar-refractivity contribution in [1.82, 2.24) is 5.32 Å². The minimum absolute atomic E-state index is 0.0251. The van der Waals surface area contributed by atoms with Gasteiger partial charge in [0.05, 0.1) is 6.26 Å². The average Bonchev–Trinajstić information content (AvgIpc) is 3.31. The highest BCUT2D eigenvalue weighted by Crippen LogP contribution is 2.44. The normalized spacial score (nSPS) is 13.3. The van der Waals surface area contributed by atoms with E-state index in [2.05, 4.69) is 29.6 Å². The largest absolute Gasteiger partial charge is 0.481 e. The Labute approximate surface area is 180 Å². The molecule has 0 fully saturated rings. The van der Waals surface area contributed by atoms with Gasteiger partial charge in [-0.15, -0.1) is 0 Å². The van der Waals surface area contributed by atoms with Gasteiger partial charge in [0, 0.05) is 24.8 Å². The second kappa shape index (κ2) is 9.08. The highest BCUT2D eigenvalue weighted by Gasteiger charge is 2.29. The molecule has 0 bridgehead atoms. The smallest absolute Gasteiger partial charge is 0.407 e. The fraction of sp³-hybridized carbons (Fsp3) is 0.280. The van der Waals surface area contributed by atoms with Crippen molar-refractivity contribution in [2.75, 3.05) is 6.61 Å². The summed E-state index contributed by atoms with van der Waals surface area (Å²) in [6.07, 6.45) is 1.69. The van der Waals surface area contributed by atoms with Gasteiger partial charge in [-0.1, -0.05) is 48.5 Å². The van der Waals surface area contributed by atoms with E-state index in [9.17, 15) is 9.59 Å². The van der Waals surface area contributed by atoms with E-state index in [1.54, 1.807) is 6.26 Å². The number of alkyl carbamates (subject to hydrolysis) is 1. The van der Waals surface area contributed by atoms with Gasteiger partial charge in [-0.3, -0.25) is 4.79 Å². The molecular formula is C25H25NO5. The number of hydrogen-bond donors (Lipinski definition) is 2. The van der Waals surface area contributed by atoms with Crippen molar-refractivity contribution < 1.29 is 23.8 Å². The Hall–Kier alpha value is -3.54. The lowest BCUT2D eigenvalue weighted by Gasteiger charge is -2.19. The summed E-state index contributed by atoms with van der Waals surface area (Å²) in [5.74, 6) is -0.201. The molecule has 1 aromatic heterocycles. The molecule has 1 heterocycles. The summed E-state index contributed by atoms with van der Waals surface area (Å²) in [4.78, 5) is 23.6. The molecule has 0 spiro atoms. The molecule has 0 saturated heterocycles. The third-order valence-electron chi connectivity index (χ3n) is 5.77. The number of furan rings is 1. The molecule has 160 valence electrons. The van der Waals surface area contributed by atoms with Gasteiger partial charge in [-0.05, 0) is 47.2 Å². The molecular weight excluding hydrogens is 394 g/mol. The van der Waals surface area contributed by atoms with E-state index < -0.39 is 18.1 Å². The van der Waals surface area contributed by atoms with Gasteiger partial charge >= 0.3 is 12.1 Å². The molecule has 0 radical (unpaired) electrons. The van der Waals surface area contributed by atoms with Crippen LogP contribution in [0.4, 0.5) is 4.79 Å². The van der Waals surface area contributed by atoms with Crippen molar-refractivity contribution in [3.05, 3.63) is 83.3 Å². The molecule has 31 heavy (non-hydrogen) atoms. The van der Waals surface area contributed by atoms with E-state index >= 15 is 0 Å². The second-order valence-electron chi connectivity index (χ2n) is 7.83. The lowest BCUT2D eigenvalue weighted by Crippen LogP contribution is -2.37. The van der Waals surface area contributed by atoms with Crippen LogP contribution in [0.15, 0.2) is 65.3 Å². The lowest BCUT2D eigenvalue weighted by molar-refractivity contribution is -0.137. The molecule has 1 atom stereocenters. The van der Waals surface area contributed by atoms with E-state index in [-0.39, 0.29) is 18.9 Å². The standard InChI is InChI=1S/C25H25NO5/c1-16-12-13-30-23(16)14-17(10-11-24(27)28)26-25(29)31-15-22-20-8-4-2-6-18(20)19-7-3-5-9-21(19)22/h2-9,12-13,17,22H,10-11,14-15H2,1H3,(H,26,29)(H,27,28). The van der Waals surface area contributed by atoms with Crippen molar-refractivity contribution in [3.63, 3.8) is 0 Å². The summed E-state index contributed by atoms with van der Waals surface area (Å²) in [6.45, 7) is 2.13. The van der Waals surface area contributed by atoms with Crippen molar-refractivity contribution in [1.29, 1.82) is 0 Å². The first-order valence-corrected chi connectivity index (χ1v) is 10.4. The first kappa shape index (κ1) is 20.7. The van der Waals surface area contributed by atoms with Gasteiger partial charge in [0.2, 0.25) is 0 Å². The van der Waals surface area contributed by atoms with E-state index in [0.29, 0.717) is 12.8 Å². The molecule has 1 aliphatic carbocycles. The Morgan fingerprint density at radius 1 is 1.06 bits per heavy atom. The van der Waals surface area contributed by atoms with Gasteiger partial charge < -0.3 is 19.6 Å². The maximum Gasteiger partial charge on any atom is 0.407 e. The Morgan fingerprint density at radius 2 is 1.71 bits per heavy atom. The summed E-state index contributed by atoms with van der Waals surface area (Å²) in [5, 5.41) is 11.9. The van der Waals surface area contributed by atoms with Crippen LogP contribution < -0.4 is 5.32 Å². The number of aryl methyl sites for hydroxylation is 1. The van der Waals surface area contributed by atoms with Crippen molar-refractivity contribution >= 4 is 12.1 Å². The topological polar surface area (TPSA) is 88.8 Å². The van der Waals surface area contributed by atoms with Crippen LogP contribution >= 0.6 is 0 Å². The molecule has 6 heteroatoms. The Morgan fingerprint density at radius 3 is 2.29 bits per heavy atom. The van der Waals surface area contributed by atoms with Crippen molar-refractivity contribution in [2.24, 2.45) is 0 Å². The summed E-state index contributed by atoms with van der Waals surface area (Å²) in [7, 11) is 0. The zero-order valence-corrected chi connectivity index (χ0v) is 17.3. The number of carboxylic acid groups (broad SMARTS) is 1. The van der Waals surface area contributed by atoms with Gasteiger partial charge in [0.25, 0.3) is 0 Å². The van der Waals surface area contributed by atoms with Crippen LogP contribution in [0, 0.1) is 6.92 Å². The van der Waals surface area contributed by atoms with E-state index in [1.807, 2.05) is 37.3 Å². The fourth-order valence-electron chi connectivity index (χ4n) is 4.17. The zero-order valence-electron chi connectivity index (χ0n) is 17.3. The number of carboxylic acids is 1. The first-order chi connectivity index (χ1) is 15.0. The molecule has 0 saturated carbocycles. The van der Waals surface area contributed by atoms with Gasteiger partial charge in [-0.2, -0.15) is 0 Å². The number of rotatable bonds is 8. The Balaban J connectivity index is 1.42. The number of benzene rings is 2. The predicted octanol–water partition coefficient (Wildman–Crippen LogP) is 4.90.